The van der Waals surface area contributed by atoms with Crippen LogP contribution in [0, 0.1) is 0 Å². The SMILES string of the molecule is CC(=O)c1csc(-c2ccc(C3CCNCC3)nc2)n1. The quantitative estimate of drug-likeness (QED) is 0.882. The molecular weight excluding hydrogens is 270 g/mol. The van der Waals surface area contributed by atoms with Gasteiger partial charge in [-0.3, -0.25) is 9.78 Å². The van der Waals surface area contributed by atoms with E-state index < -0.39 is 0 Å². The number of nitrogens with one attached hydrogen (secondary N) is 1. The molecule has 0 aliphatic carbocycles. The van der Waals surface area contributed by atoms with Crippen LogP contribution in [0.1, 0.15) is 41.9 Å². The molecule has 0 unspecified atom stereocenters. The molecule has 0 saturated carbocycles. The summed E-state index contributed by atoms with van der Waals surface area (Å²) in [6.45, 7) is 3.68. The van der Waals surface area contributed by atoms with E-state index in [0.29, 0.717) is 11.6 Å². The van der Waals surface area contributed by atoms with Gasteiger partial charge in [0.05, 0.1) is 0 Å². The van der Waals surface area contributed by atoms with Gasteiger partial charge in [-0.1, -0.05) is 0 Å². The molecule has 3 heterocycles. The molecule has 0 aromatic carbocycles. The van der Waals surface area contributed by atoms with Crippen molar-refractivity contribution in [2.75, 3.05) is 13.1 Å². The van der Waals surface area contributed by atoms with Crippen LogP contribution in [-0.2, 0) is 0 Å². The lowest BCUT2D eigenvalue weighted by atomic mass is 9.94. The van der Waals surface area contributed by atoms with Gasteiger partial charge in [-0.25, -0.2) is 4.98 Å². The van der Waals surface area contributed by atoms with E-state index in [4.69, 9.17) is 0 Å². The number of rotatable bonds is 3. The highest BCUT2D eigenvalue weighted by Crippen LogP contribution is 2.27. The second-order valence-corrected chi connectivity index (χ2v) is 5.95. The number of pyridine rings is 1. The van der Waals surface area contributed by atoms with Gasteiger partial charge in [0.15, 0.2) is 5.78 Å². The van der Waals surface area contributed by atoms with Crippen molar-refractivity contribution in [1.29, 1.82) is 0 Å². The van der Waals surface area contributed by atoms with Crippen molar-refractivity contribution in [1.82, 2.24) is 15.3 Å². The Kier molecular flexibility index (Phi) is 3.89. The van der Waals surface area contributed by atoms with E-state index in [9.17, 15) is 4.79 Å². The highest BCUT2D eigenvalue weighted by molar-refractivity contribution is 7.13. The molecule has 1 fully saturated rings. The Bertz CT molecular complexity index is 600. The number of hydrogen-bond donors (Lipinski definition) is 1. The average molecular weight is 287 g/mol. The summed E-state index contributed by atoms with van der Waals surface area (Å²) in [5.74, 6) is 0.571. The Morgan fingerprint density at radius 3 is 2.75 bits per heavy atom. The van der Waals surface area contributed by atoms with Crippen molar-refractivity contribution < 1.29 is 4.79 Å². The van der Waals surface area contributed by atoms with E-state index in [1.165, 1.54) is 24.0 Å². The molecule has 0 radical (unpaired) electrons. The monoisotopic (exact) mass is 287 g/mol. The Morgan fingerprint density at radius 2 is 2.15 bits per heavy atom. The Balaban J connectivity index is 1.79. The fourth-order valence-corrected chi connectivity index (χ4v) is 3.31. The first-order chi connectivity index (χ1) is 9.74. The summed E-state index contributed by atoms with van der Waals surface area (Å²) in [6.07, 6.45) is 4.18. The molecule has 3 rings (SSSR count). The lowest BCUT2D eigenvalue weighted by molar-refractivity contribution is 0.101. The molecule has 0 bridgehead atoms. The van der Waals surface area contributed by atoms with Crippen LogP contribution in [0.2, 0.25) is 0 Å². The van der Waals surface area contributed by atoms with Crippen LogP contribution in [0.4, 0.5) is 0 Å². The smallest absolute Gasteiger partial charge is 0.178 e. The van der Waals surface area contributed by atoms with E-state index in [0.717, 1.165) is 36.5 Å². The van der Waals surface area contributed by atoms with Gasteiger partial charge in [-0.2, -0.15) is 0 Å². The van der Waals surface area contributed by atoms with Gasteiger partial charge < -0.3 is 5.32 Å². The molecule has 1 aliphatic heterocycles. The fourth-order valence-electron chi connectivity index (χ4n) is 2.46. The average Bonchev–Trinajstić information content (AvgIpc) is 2.98. The number of Topliss-reactive ketones (excluding diaryl/α,β-unsaturated/α-hetero) is 1. The molecule has 2 aromatic heterocycles. The van der Waals surface area contributed by atoms with Gasteiger partial charge in [0.25, 0.3) is 0 Å². The Morgan fingerprint density at radius 1 is 1.35 bits per heavy atom. The first-order valence-corrected chi connectivity index (χ1v) is 7.75. The largest absolute Gasteiger partial charge is 0.317 e. The van der Waals surface area contributed by atoms with Crippen LogP contribution in [0.25, 0.3) is 10.6 Å². The maximum absolute atomic E-state index is 11.3. The minimum atomic E-state index is 0.00628. The molecule has 20 heavy (non-hydrogen) atoms. The molecule has 1 N–H and O–H groups in total. The highest BCUT2D eigenvalue weighted by atomic mass is 32.1. The minimum absolute atomic E-state index is 0.00628. The summed E-state index contributed by atoms with van der Waals surface area (Å²) in [7, 11) is 0. The van der Waals surface area contributed by atoms with Crippen LogP contribution in [-0.4, -0.2) is 28.8 Å². The molecule has 1 saturated heterocycles. The number of thiazole rings is 1. The van der Waals surface area contributed by atoms with Gasteiger partial charge in [-0.05, 0) is 38.1 Å². The molecule has 5 heteroatoms. The number of carbonyl (C=O) groups excluding carboxylic acids is 1. The van der Waals surface area contributed by atoms with E-state index in [-0.39, 0.29) is 5.78 Å². The Hall–Kier alpha value is -1.59. The summed E-state index contributed by atoms with van der Waals surface area (Å²) in [5.41, 5.74) is 2.69. The maximum Gasteiger partial charge on any atom is 0.178 e. The van der Waals surface area contributed by atoms with Gasteiger partial charge in [0.1, 0.15) is 10.7 Å². The van der Waals surface area contributed by atoms with Crippen LogP contribution >= 0.6 is 11.3 Å². The van der Waals surface area contributed by atoms with Crippen molar-refractivity contribution >= 4 is 17.1 Å². The third-order valence-electron chi connectivity index (χ3n) is 3.66. The first kappa shape index (κ1) is 13.4. The standard InChI is InChI=1S/C15H17N3OS/c1-10(19)14-9-20-15(18-14)12-2-3-13(17-8-12)11-4-6-16-7-5-11/h2-3,8-9,11,16H,4-7H2,1H3. The predicted octanol–water partition coefficient (Wildman–Crippen LogP) is 2.87. The minimum Gasteiger partial charge on any atom is -0.317 e. The molecule has 0 atom stereocenters. The summed E-state index contributed by atoms with van der Waals surface area (Å²) in [5, 5.41) is 6.03. The molecular formula is C15H17N3OS. The summed E-state index contributed by atoms with van der Waals surface area (Å²) in [4.78, 5) is 20.2. The van der Waals surface area contributed by atoms with Gasteiger partial charge in [0.2, 0.25) is 0 Å². The molecule has 4 nitrogen and oxygen atoms in total. The fraction of sp³-hybridized carbons (Fsp3) is 0.400. The third-order valence-corrected chi connectivity index (χ3v) is 4.55. The lowest BCUT2D eigenvalue weighted by Gasteiger charge is -2.22. The number of aromatic nitrogens is 2. The Labute approximate surface area is 122 Å². The molecule has 0 spiro atoms. The first-order valence-electron chi connectivity index (χ1n) is 6.87. The topological polar surface area (TPSA) is 54.9 Å². The zero-order valence-electron chi connectivity index (χ0n) is 11.4. The number of hydrogen-bond acceptors (Lipinski definition) is 5. The molecule has 2 aromatic rings. The number of ketones is 1. The van der Waals surface area contributed by atoms with Crippen LogP contribution in [0.3, 0.4) is 0 Å². The predicted molar refractivity (Wildman–Crippen MR) is 80.2 cm³/mol. The van der Waals surface area contributed by atoms with E-state index in [1.54, 1.807) is 5.38 Å². The zero-order chi connectivity index (χ0) is 13.9. The zero-order valence-corrected chi connectivity index (χ0v) is 12.2. The van der Waals surface area contributed by atoms with Crippen LogP contribution < -0.4 is 5.32 Å². The van der Waals surface area contributed by atoms with E-state index in [1.807, 2.05) is 6.20 Å². The van der Waals surface area contributed by atoms with Crippen molar-refractivity contribution in [3.05, 3.63) is 35.1 Å². The van der Waals surface area contributed by atoms with Gasteiger partial charge in [-0.15, -0.1) is 11.3 Å². The van der Waals surface area contributed by atoms with Crippen molar-refractivity contribution in [3.8, 4) is 10.6 Å². The summed E-state index contributed by atoms with van der Waals surface area (Å²) < 4.78 is 0. The third kappa shape index (κ3) is 2.78. The van der Waals surface area contributed by atoms with Crippen molar-refractivity contribution in [2.45, 2.75) is 25.7 Å². The number of carbonyl (C=O) groups is 1. The highest BCUT2D eigenvalue weighted by Gasteiger charge is 2.16. The molecule has 0 amide bonds. The van der Waals surface area contributed by atoms with E-state index >= 15 is 0 Å². The second-order valence-electron chi connectivity index (χ2n) is 5.09. The maximum atomic E-state index is 11.3. The van der Waals surface area contributed by atoms with Gasteiger partial charge in [0, 0.05) is 35.7 Å². The van der Waals surface area contributed by atoms with Crippen molar-refractivity contribution in [3.63, 3.8) is 0 Å². The molecule has 104 valence electrons. The van der Waals surface area contributed by atoms with Crippen LogP contribution in [0.5, 0.6) is 0 Å². The summed E-state index contributed by atoms with van der Waals surface area (Å²) in [6, 6.07) is 4.16. The van der Waals surface area contributed by atoms with Crippen LogP contribution in [0.15, 0.2) is 23.7 Å². The lowest BCUT2D eigenvalue weighted by Crippen LogP contribution is -2.26. The summed E-state index contributed by atoms with van der Waals surface area (Å²) >= 11 is 1.49. The number of nitrogens with zero attached hydrogens (tertiary/aromatic N) is 2. The van der Waals surface area contributed by atoms with Crippen molar-refractivity contribution in [2.24, 2.45) is 0 Å². The molecule has 1 aliphatic rings. The van der Waals surface area contributed by atoms with Gasteiger partial charge >= 0.3 is 0 Å². The second kappa shape index (κ2) is 5.81. The van der Waals surface area contributed by atoms with E-state index in [2.05, 4.69) is 27.4 Å². The normalized spacial score (nSPS) is 16.2. The number of piperidine rings is 1.